The lowest BCUT2D eigenvalue weighted by Gasteiger charge is -2.28. The molecule has 2 aromatic carbocycles. The summed E-state index contributed by atoms with van der Waals surface area (Å²) in [5.74, 6) is 1.76. The SMILES string of the molecule is CC(C)c1ccc(O[C@](C)(Cc2ccc(Cl)cc2)c2nn[nH]n2)cc1. The minimum atomic E-state index is -0.750. The minimum Gasteiger partial charge on any atom is -0.479 e. The fourth-order valence-electron chi connectivity index (χ4n) is 2.72. The van der Waals surface area contributed by atoms with Crippen molar-refractivity contribution in [2.24, 2.45) is 0 Å². The Labute approximate surface area is 152 Å². The first-order valence-corrected chi connectivity index (χ1v) is 8.61. The van der Waals surface area contributed by atoms with Crippen molar-refractivity contribution in [3.63, 3.8) is 0 Å². The molecule has 0 aliphatic heterocycles. The lowest BCUT2D eigenvalue weighted by Crippen LogP contribution is -2.33. The Kier molecular flexibility index (Phi) is 5.04. The Hall–Kier alpha value is -2.40. The van der Waals surface area contributed by atoms with E-state index in [2.05, 4.69) is 46.6 Å². The van der Waals surface area contributed by atoms with Crippen LogP contribution >= 0.6 is 11.6 Å². The molecule has 0 unspecified atom stereocenters. The van der Waals surface area contributed by atoms with Crippen LogP contribution in [-0.4, -0.2) is 20.6 Å². The van der Waals surface area contributed by atoms with Gasteiger partial charge in [-0.3, -0.25) is 0 Å². The van der Waals surface area contributed by atoms with Crippen LogP contribution in [0.5, 0.6) is 5.75 Å². The van der Waals surface area contributed by atoms with Gasteiger partial charge in [0.1, 0.15) is 5.75 Å². The third-order valence-electron chi connectivity index (χ3n) is 4.16. The molecule has 0 saturated carbocycles. The zero-order valence-corrected chi connectivity index (χ0v) is 15.3. The van der Waals surface area contributed by atoms with Gasteiger partial charge in [0.05, 0.1) is 0 Å². The molecule has 1 heterocycles. The highest BCUT2D eigenvalue weighted by atomic mass is 35.5. The number of tetrazole rings is 1. The number of ether oxygens (including phenoxy) is 1. The van der Waals surface area contributed by atoms with E-state index in [0.717, 1.165) is 11.3 Å². The molecule has 1 aromatic heterocycles. The van der Waals surface area contributed by atoms with Gasteiger partial charge in [-0.1, -0.05) is 54.9 Å². The first-order chi connectivity index (χ1) is 12.0. The molecule has 1 N–H and O–H groups in total. The number of hydrogen-bond acceptors (Lipinski definition) is 4. The average molecular weight is 357 g/mol. The summed E-state index contributed by atoms with van der Waals surface area (Å²) in [6.07, 6.45) is 0.593. The number of hydrogen-bond donors (Lipinski definition) is 1. The Morgan fingerprint density at radius 1 is 1.08 bits per heavy atom. The van der Waals surface area contributed by atoms with Gasteiger partial charge in [0.2, 0.25) is 5.82 Å². The monoisotopic (exact) mass is 356 g/mol. The number of nitrogens with one attached hydrogen (secondary N) is 1. The average Bonchev–Trinajstić information content (AvgIpc) is 3.13. The molecule has 3 aromatic rings. The van der Waals surface area contributed by atoms with E-state index in [-0.39, 0.29) is 0 Å². The van der Waals surface area contributed by atoms with E-state index in [9.17, 15) is 0 Å². The van der Waals surface area contributed by atoms with Gasteiger partial charge >= 0.3 is 0 Å². The summed E-state index contributed by atoms with van der Waals surface area (Å²) in [7, 11) is 0. The summed E-state index contributed by atoms with van der Waals surface area (Å²) in [6.45, 7) is 6.29. The Balaban J connectivity index is 1.87. The van der Waals surface area contributed by atoms with Crippen molar-refractivity contribution < 1.29 is 4.74 Å². The van der Waals surface area contributed by atoms with Gasteiger partial charge in [-0.15, -0.1) is 10.2 Å². The Morgan fingerprint density at radius 2 is 1.76 bits per heavy atom. The van der Waals surface area contributed by atoms with Crippen molar-refractivity contribution in [3.05, 3.63) is 70.5 Å². The molecule has 0 bridgehead atoms. The van der Waals surface area contributed by atoms with Crippen LogP contribution in [0.3, 0.4) is 0 Å². The van der Waals surface area contributed by atoms with E-state index >= 15 is 0 Å². The summed E-state index contributed by atoms with van der Waals surface area (Å²) in [5.41, 5.74) is 1.60. The maximum Gasteiger partial charge on any atom is 0.218 e. The van der Waals surface area contributed by atoms with Crippen molar-refractivity contribution in [2.45, 2.75) is 38.7 Å². The largest absolute Gasteiger partial charge is 0.479 e. The summed E-state index contributed by atoms with van der Waals surface area (Å²) in [5, 5.41) is 15.2. The van der Waals surface area contributed by atoms with Gasteiger partial charge in [-0.25, -0.2) is 0 Å². The first-order valence-electron chi connectivity index (χ1n) is 8.23. The van der Waals surface area contributed by atoms with Crippen molar-refractivity contribution in [1.82, 2.24) is 20.6 Å². The molecule has 5 nitrogen and oxygen atoms in total. The fraction of sp³-hybridized carbons (Fsp3) is 0.316. The number of nitrogens with zero attached hydrogens (tertiary/aromatic N) is 3. The van der Waals surface area contributed by atoms with Gasteiger partial charge in [0, 0.05) is 11.4 Å². The molecule has 3 rings (SSSR count). The molecule has 25 heavy (non-hydrogen) atoms. The van der Waals surface area contributed by atoms with Crippen molar-refractivity contribution in [2.75, 3.05) is 0 Å². The number of halogens is 1. The topological polar surface area (TPSA) is 63.7 Å². The van der Waals surface area contributed by atoms with Crippen LogP contribution in [0.15, 0.2) is 48.5 Å². The molecule has 0 aliphatic carbocycles. The lowest BCUT2D eigenvalue weighted by molar-refractivity contribution is 0.0774. The number of benzene rings is 2. The highest BCUT2D eigenvalue weighted by Gasteiger charge is 2.34. The molecule has 0 saturated heterocycles. The Morgan fingerprint density at radius 3 is 2.32 bits per heavy atom. The van der Waals surface area contributed by atoms with Crippen molar-refractivity contribution in [1.29, 1.82) is 0 Å². The van der Waals surface area contributed by atoms with E-state index in [1.807, 2.05) is 43.3 Å². The third kappa shape index (κ3) is 4.17. The quantitative estimate of drug-likeness (QED) is 0.705. The summed E-state index contributed by atoms with van der Waals surface area (Å²) < 4.78 is 6.30. The van der Waals surface area contributed by atoms with Crippen LogP contribution in [0.25, 0.3) is 0 Å². The number of H-pyrrole nitrogens is 1. The summed E-state index contributed by atoms with van der Waals surface area (Å²) in [6, 6.07) is 15.8. The van der Waals surface area contributed by atoms with Crippen molar-refractivity contribution >= 4 is 11.6 Å². The van der Waals surface area contributed by atoms with E-state index in [1.54, 1.807) is 0 Å². The van der Waals surface area contributed by atoms with E-state index in [1.165, 1.54) is 5.56 Å². The molecule has 0 aliphatic rings. The number of aromatic amines is 1. The molecule has 0 amide bonds. The zero-order valence-electron chi connectivity index (χ0n) is 14.5. The molecule has 6 heteroatoms. The molecule has 0 fully saturated rings. The minimum absolute atomic E-state index is 0.478. The van der Waals surface area contributed by atoms with Crippen LogP contribution in [0.4, 0.5) is 0 Å². The van der Waals surface area contributed by atoms with Crippen LogP contribution in [0, 0.1) is 0 Å². The second-order valence-electron chi connectivity index (χ2n) is 6.60. The van der Waals surface area contributed by atoms with Gasteiger partial charge in [-0.2, -0.15) is 5.21 Å². The predicted molar refractivity (Wildman–Crippen MR) is 97.8 cm³/mol. The van der Waals surface area contributed by atoms with Crippen LogP contribution in [0.1, 0.15) is 43.6 Å². The predicted octanol–water partition coefficient (Wildman–Crippen LogP) is 4.51. The first kappa shape index (κ1) is 17.4. The molecular formula is C19H21ClN4O. The third-order valence-corrected chi connectivity index (χ3v) is 4.41. The second kappa shape index (κ2) is 7.23. The smallest absolute Gasteiger partial charge is 0.218 e. The van der Waals surface area contributed by atoms with Gasteiger partial charge in [0.15, 0.2) is 5.60 Å². The van der Waals surface area contributed by atoms with Crippen LogP contribution < -0.4 is 4.74 Å². The van der Waals surface area contributed by atoms with E-state index in [4.69, 9.17) is 16.3 Å². The van der Waals surface area contributed by atoms with Crippen LogP contribution in [0.2, 0.25) is 5.02 Å². The van der Waals surface area contributed by atoms with Crippen molar-refractivity contribution in [3.8, 4) is 5.75 Å². The molecule has 0 spiro atoms. The maximum atomic E-state index is 6.30. The zero-order chi connectivity index (χ0) is 17.9. The lowest BCUT2D eigenvalue weighted by atomic mass is 9.95. The van der Waals surface area contributed by atoms with E-state index in [0.29, 0.717) is 23.2 Å². The standard InChI is InChI=1S/C19H21ClN4O/c1-13(2)15-6-10-17(11-7-15)25-19(3,18-21-23-24-22-18)12-14-4-8-16(20)9-5-14/h4-11,13H,12H2,1-3H3,(H,21,22,23,24)/t19-/m1/s1. The highest BCUT2D eigenvalue weighted by Crippen LogP contribution is 2.30. The number of rotatable bonds is 6. The van der Waals surface area contributed by atoms with E-state index < -0.39 is 5.60 Å². The fourth-order valence-corrected chi connectivity index (χ4v) is 2.85. The second-order valence-corrected chi connectivity index (χ2v) is 7.03. The molecule has 130 valence electrons. The Bertz CT molecular complexity index is 800. The maximum absolute atomic E-state index is 6.30. The van der Waals surface area contributed by atoms with Gasteiger partial charge in [-0.05, 0) is 48.2 Å². The van der Waals surface area contributed by atoms with Crippen LogP contribution in [-0.2, 0) is 12.0 Å². The molecule has 1 atom stereocenters. The molecule has 0 radical (unpaired) electrons. The highest BCUT2D eigenvalue weighted by molar-refractivity contribution is 6.30. The summed E-state index contributed by atoms with van der Waals surface area (Å²) in [4.78, 5) is 0. The number of aromatic nitrogens is 4. The van der Waals surface area contributed by atoms with Gasteiger partial charge < -0.3 is 4.74 Å². The molecular weight excluding hydrogens is 336 g/mol. The summed E-state index contributed by atoms with van der Waals surface area (Å²) >= 11 is 5.98. The normalized spacial score (nSPS) is 13.6. The van der Waals surface area contributed by atoms with Gasteiger partial charge in [0.25, 0.3) is 0 Å².